The number of carbonyl (C=O) groups is 1. The van der Waals surface area contributed by atoms with E-state index in [2.05, 4.69) is 15.4 Å². The van der Waals surface area contributed by atoms with E-state index in [1.165, 1.54) is 10.6 Å². The Kier molecular flexibility index (Phi) is 5.40. The van der Waals surface area contributed by atoms with Gasteiger partial charge in [0.2, 0.25) is 0 Å². The van der Waals surface area contributed by atoms with Crippen LogP contribution in [-0.2, 0) is 0 Å². The number of hydrogen-bond donors (Lipinski definition) is 1. The average Bonchev–Trinajstić information content (AvgIpc) is 3.29. The molecule has 1 N–H and O–H groups in total. The Balaban J connectivity index is 1.62. The van der Waals surface area contributed by atoms with Gasteiger partial charge in [0.05, 0.1) is 17.4 Å². The molecule has 5 nitrogen and oxygen atoms in total. The third-order valence-corrected chi connectivity index (χ3v) is 5.53. The number of benzene rings is 3. The van der Waals surface area contributed by atoms with Crippen molar-refractivity contribution in [2.45, 2.75) is 13.0 Å². The largest absolute Gasteiger partial charge is 0.344 e. The van der Waals surface area contributed by atoms with Crippen molar-refractivity contribution in [3.8, 4) is 22.5 Å². The van der Waals surface area contributed by atoms with Crippen LogP contribution in [0.5, 0.6) is 0 Å². The fourth-order valence-corrected chi connectivity index (χ4v) is 3.79. The molecule has 2 heterocycles. The number of nitrogens with zero attached hydrogens (tertiary/aromatic N) is 3. The quantitative estimate of drug-likeness (QED) is 0.385. The first-order valence-electron chi connectivity index (χ1n) is 10.7. The van der Waals surface area contributed by atoms with Crippen LogP contribution in [0, 0.1) is 5.82 Å². The predicted molar refractivity (Wildman–Crippen MR) is 126 cm³/mol. The van der Waals surface area contributed by atoms with Gasteiger partial charge in [0, 0.05) is 17.2 Å². The van der Waals surface area contributed by atoms with Gasteiger partial charge in [0.25, 0.3) is 5.91 Å². The highest BCUT2D eigenvalue weighted by Gasteiger charge is 2.20. The van der Waals surface area contributed by atoms with E-state index < -0.39 is 5.82 Å². The van der Waals surface area contributed by atoms with E-state index in [9.17, 15) is 9.18 Å². The summed E-state index contributed by atoms with van der Waals surface area (Å²) in [7, 11) is 0. The number of halogens is 1. The molecule has 5 rings (SSSR count). The van der Waals surface area contributed by atoms with E-state index in [1.54, 1.807) is 30.3 Å². The van der Waals surface area contributed by atoms with Crippen LogP contribution in [0.1, 0.15) is 29.0 Å². The maximum Gasteiger partial charge on any atom is 0.270 e. The Hall–Kier alpha value is -4.32. The van der Waals surface area contributed by atoms with Crippen molar-refractivity contribution >= 4 is 11.6 Å². The summed E-state index contributed by atoms with van der Waals surface area (Å²) >= 11 is 0. The summed E-state index contributed by atoms with van der Waals surface area (Å²) in [5.41, 5.74) is 4.01. The smallest absolute Gasteiger partial charge is 0.270 e. The summed E-state index contributed by atoms with van der Waals surface area (Å²) in [5.74, 6) is -0.722. The molecule has 0 fully saturated rings. The molecule has 6 heteroatoms. The van der Waals surface area contributed by atoms with E-state index in [1.807, 2.05) is 67.6 Å². The molecule has 162 valence electrons. The van der Waals surface area contributed by atoms with Crippen molar-refractivity contribution in [1.82, 2.24) is 19.9 Å². The van der Waals surface area contributed by atoms with Crippen molar-refractivity contribution in [2.24, 2.45) is 0 Å². The highest BCUT2D eigenvalue weighted by Crippen LogP contribution is 2.26. The third kappa shape index (κ3) is 4.11. The molecule has 0 bridgehead atoms. The Morgan fingerprint density at radius 1 is 0.879 bits per heavy atom. The van der Waals surface area contributed by atoms with Crippen LogP contribution in [0.4, 0.5) is 4.39 Å². The van der Waals surface area contributed by atoms with Gasteiger partial charge < -0.3 is 5.32 Å². The lowest BCUT2D eigenvalue weighted by Gasteiger charge is -2.15. The lowest BCUT2D eigenvalue weighted by atomic mass is 10.1. The highest BCUT2D eigenvalue weighted by atomic mass is 19.1. The highest BCUT2D eigenvalue weighted by molar-refractivity contribution is 5.94. The summed E-state index contributed by atoms with van der Waals surface area (Å²) in [6.45, 7) is 1.92. The van der Waals surface area contributed by atoms with Gasteiger partial charge in [-0.25, -0.2) is 13.9 Å². The Morgan fingerprint density at radius 3 is 2.27 bits per heavy atom. The summed E-state index contributed by atoms with van der Waals surface area (Å²) in [6.07, 6.45) is 0. The molecule has 0 aliphatic rings. The standard InChI is InChI=1S/C27H21FN4O/c1-18(19-10-4-2-5-11-19)29-27(33)25-16-24(21-14-8-9-15-22(21)28)30-26-17-23(31-32(25)26)20-12-6-3-7-13-20/h2-18H,1H3,(H,29,33). The van der Waals surface area contributed by atoms with Gasteiger partial charge in [-0.15, -0.1) is 0 Å². The second kappa shape index (κ2) is 8.67. The van der Waals surface area contributed by atoms with E-state index in [0.29, 0.717) is 22.6 Å². The zero-order chi connectivity index (χ0) is 22.8. The summed E-state index contributed by atoms with van der Waals surface area (Å²) in [4.78, 5) is 18.0. The molecule has 0 saturated heterocycles. The number of nitrogens with one attached hydrogen (secondary N) is 1. The zero-order valence-corrected chi connectivity index (χ0v) is 17.9. The minimum absolute atomic E-state index is 0.219. The lowest BCUT2D eigenvalue weighted by molar-refractivity contribution is 0.0932. The molecule has 0 aliphatic carbocycles. The number of hydrogen-bond acceptors (Lipinski definition) is 3. The normalized spacial score (nSPS) is 11.9. The predicted octanol–water partition coefficient (Wildman–Crippen LogP) is 5.69. The fourth-order valence-electron chi connectivity index (χ4n) is 3.79. The van der Waals surface area contributed by atoms with Crippen LogP contribution in [0.15, 0.2) is 97.1 Å². The first-order valence-corrected chi connectivity index (χ1v) is 10.7. The SMILES string of the molecule is CC(NC(=O)c1cc(-c2ccccc2F)nc2cc(-c3ccccc3)nn12)c1ccccc1. The van der Waals surface area contributed by atoms with Gasteiger partial charge in [-0.05, 0) is 30.7 Å². The summed E-state index contributed by atoms with van der Waals surface area (Å²) < 4.78 is 16.1. The summed E-state index contributed by atoms with van der Waals surface area (Å²) in [5, 5.41) is 7.67. The fraction of sp³-hybridized carbons (Fsp3) is 0.0741. The molecule has 5 aromatic rings. The van der Waals surface area contributed by atoms with Crippen molar-refractivity contribution in [2.75, 3.05) is 0 Å². The third-order valence-electron chi connectivity index (χ3n) is 5.53. The number of aromatic nitrogens is 3. The van der Waals surface area contributed by atoms with Gasteiger partial charge in [0.15, 0.2) is 5.65 Å². The van der Waals surface area contributed by atoms with Gasteiger partial charge >= 0.3 is 0 Å². The Labute approximate surface area is 190 Å². The molecular weight excluding hydrogens is 415 g/mol. The van der Waals surface area contributed by atoms with Gasteiger partial charge in [-0.1, -0.05) is 72.8 Å². The number of carbonyl (C=O) groups excluding carboxylic acids is 1. The topological polar surface area (TPSA) is 59.3 Å². The Morgan fingerprint density at radius 2 is 1.55 bits per heavy atom. The van der Waals surface area contributed by atoms with E-state index in [4.69, 9.17) is 0 Å². The van der Waals surface area contributed by atoms with Crippen LogP contribution < -0.4 is 5.32 Å². The maximum absolute atomic E-state index is 14.5. The van der Waals surface area contributed by atoms with Crippen LogP contribution in [0.3, 0.4) is 0 Å². The van der Waals surface area contributed by atoms with E-state index in [0.717, 1.165) is 11.1 Å². The monoisotopic (exact) mass is 436 g/mol. The number of fused-ring (bicyclic) bond motifs is 1. The molecule has 0 spiro atoms. The van der Waals surface area contributed by atoms with Crippen molar-refractivity contribution in [3.05, 3.63) is 114 Å². The lowest BCUT2D eigenvalue weighted by Crippen LogP contribution is -2.28. The molecule has 3 aromatic carbocycles. The van der Waals surface area contributed by atoms with Crippen LogP contribution in [0.25, 0.3) is 28.2 Å². The zero-order valence-electron chi connectivity index (χ0n) is 17.9. The van der Waals surface area contributed by atoms with Gasteiger partial charge in [-0.3, -0.25) is 4.79 Å². The van der Waals surface area contributed by atoms with E-state index in [-0.39, 0.29) is 17.6 Å². The Bertz CT molecular complexity index is 1430. The van der Waals surface area contributed by atoms with Crippen LogP contribution in [0.2, 0.25) is 0 Å². The van der Waals surface area contributed by atoms with E-state index >= 15 is 0 Å². The van der Waals surface area contributed by atoms with Crippen molar-refractivity contribution < 1.29 is 9.18 Å². The number of amides is 1. The molecule has 0 aliphatic heterocycles. The van der Waals surface area contributed by atoms with Crippen molar-refractivity contribution in [1.29, 1.82) is 0 Å². The second-order valence-corrected chi connectivity index (χ2v) is 7.78. The molecule has 0 saturated carbocycles. The molecule has 0 radical (unpaired) electrons. The minimum atomic E-state index is -0.402. The maximum atomic E-state index is 14.5. The first kappa shape index (κ1) is 20.6. The van der Waals surface area contributed by atoms with Crippen LogP contribution in [-0.4, -0.2) is 20.5 Å². The minimum Gasteiger partial charge on any atom is -0.344 e. The molecule has 1 atom stereocenters. The molecule has 33 heavy (non-hydrogen) atoms. The molecule has 2 aromatic heterocycles. The van der Waals surface area contributed by atoms with Gasteiger partial charge in [0.1, 0.15) is 11.5 Å². The first-order chi connectivity index (χ1) is 16.1. The molecule has 1 amide bonds. The molecular formula is C27H21FN4O. The summed E-state index contributed by atoms with van der Waals surface area (Å²) in [6, 6.07) is 28.9. The molecule has 1 unspecified atom stereocenters. The second-order valence-electron chi connectivity index (χ2n) is 7.78. The number of rotatable bonds is 5. The van der Waals surface area contributed by atoms with Gasteiger partial charge in [-0.2, -0.15) is 5.10 Å². The average molecular weight is 436 g/mol. The van der Waals surface area contributed by atoms with Crippen molar-refractivity contribution in [3.63, 3.8) is 0 Å². The van der Waals surface area contributed by atoms with Crippen LogP contribution >= 0.6 is 0 Å².